The maximum absolute atomic E-state index is 5.97. The third-order valence-electron chi connectivity index (χ3n) is 3.12. The van der Waals surface area contributed by atoms with Crippen molar-refractivity contribution >= 4 is 15.9 Å². The quantitative estimate of drug-likeness (QED) is 0.795. The zero-order valence-corrected chi connectivity index (χ0v) is 14.6. The number of hydrogen-bond donors (Lipinski definition) is 1. The maximum atomic E-state index is 5.97. The van der Waals surface area contributed by atoms with E-state index < -0.39 is 0 Å². The highest BCUT2D eigenvalue weighted by molar-refractivity contribution is 9.10. The Hall–Kier alpha value is -1.32. The minimum Gasteiger partial charge on any atom is -0.456 e. The van der Waals surface area contributed by atoms with E-state index in [9.17, 15) is 0 Å². The Morgan fingerprint density at radius 1 is 1.05 bits per heavy atom. The molecule has 0 spiro atoms. The summed E-state index contributed by atoms with van der Waals surface area (Å²) in [6.45, 7) is 9.45. The Kier molecular flexibility index (Phi) is 5.07. The van der Waals surface area contributed by atoms with Gasteiger partial charge in [0, 0.05) is 12.1 Å². The molecule has 112 valence electrons. The summed E-state index contributed by atoms with van der Waals surface area (Å²) in [4.78, 5) is 0. The minimum atomic E-state index is 0.123. The summed E-state index contributed by atoms with van der Waals surface area (Å²) in [6, 6.07) is 14.2. The molecule has 1 N–H and O–H groups in total. The Bertz CT molecular complexity index is 617. The summed E-state index contributed by atoms with van der Waals surface area (Å²) in [7, 11) is 0. The molecule has 0 atom stereocenters. The summed E-state index contributed by atoms with van der Waals surface area (Å²) < 4.78 is 6.93. The predicted octanol–water partition coefficient (Wildman–Crippen LogP) is 5.44. The van der Waals surface area contributed by atoms with E-state index in [2.05, 4.69) is 61.1 Å². The molecular weight excluding hydrogens is 326 g/mol. The molecule has 0 aliphatic heterocycles. The second-order valence-corrected chi connectivity index (χ2v) is 7.09. The summed E-state index contributed by atoms with van der Waals surface area (Å²) in [5, 5.41) is 3.50. The zero-order valence-electron chi connectivity index (χ0n) is 13.0. The van der Waals surface area contributed by atoms with Crippen molar-refractivity contribution in [1.29, 1.82) is 0 Å². The molecular formula is C18H22BrNO. The van der Waals surface area contributed by atoms with Crippen molar-refractivity contribution in [3.63, 3.8) is 0 Å². The molecule has 2 aromatic carbocycles. The zero-order chi connectivity index (χ0) is 15.5. The average molecular weight is 348 g/mol. The van der Waals surface area contributed by atoms with Crippen molar-refractivity contribution in [2.75, 3.05) is 0 Å². The lowest BCUT2D eigenvalue weighted by molar-refractivity contribution is 0.424. The molecule has 0 saturated heterocycles. The maximum Gasteiger partial charge on any atom is 0.141 e. The van der Waals surface area contributed by atoms with Crippen molar-refractivity contribution in [2.24, 2.45) is 0 Å². The van der Waals surface area contributed by atoms with E-state index in [1.807, 2.05) is 30.3 Å². The molecule has 0 aromatic heterocycles. The van der Waals surface area contributed by atoms with E-state index in [1.165, 1.54) is 5.56 Å². The van der Waals surface area contributed by atoms with Crippen LogP contribution in [0.25, 0.3) is 0 Å². The summed E-state index contributed by atoms with van der Waals surface area (Å²) in [5.41, 5.74) is 2.53. The summed E-state index contributed by atoms with van der Waals surface area (Å²) in [6.07, 6.45) is 0. The fourth-order valence-electron chi connectivity index (χ4n) is 1.95. The average Bonchev–Trinajstić information content (AvgIpc) is 2.41. The van der Waals surface area contributed by atoms with Crippen LogP contribution in [0.5, 0.6) is 11.5 Å². The molecule has 0 radical (unpaired) electrons. The molecule has 3 heteroatoms. The lowest BCUT2D eigenvalue weighted by atomic mass is 10.1. The number of halogens is 1. The van der Waals surface area contributed by atoms with Crippen LogP contribution >= 0.6 is 15.9 Å². The van der Waals surface area contributed by atoms with E-state index in [4.69, 9.17) is 4.74 Å². The molecule has 0 fully saturated rings. The van der Waals surface area contributed by atoms with Crippen LogP contribution < -0.4 is 10.1 Å². The first-order chi connectivity index (χ1) is 9.85. The number of rotatable bonds is 4. The van der Waals surface area contributed by atoms with Gasteiger partial charge in [-0.3, -0.25) is 0 Å². The molecule has 2 nitrogen and oxygen atoms in total. The Morgan fingerprint density at radius 3 is 2.38 bits per heavy atom. The van der Waals surface area contributed by atoms with Gasteiger partial charge in [0.1, 0.15) is 11.5 Å². The first-order valence-corrected chi connectivity index (χ1v) is 7.91. The first-order valence-electron chi connectivity index (χ1n) is 7.12. The van der Waals surface area contributed by atoms with Crippen LogP contribution in [0.3, 0.4) is 0 Å². The van der Waals surface area contributed by atoms with Crippen molar-refractivity contribution in [3.8, 4) is 11.5 Å². The molecule has 0 amide bonds. The number of para-hydroxylation sites is 1. The lowest BCUT2D eigenvalue weighted by Crippen LogP contribution is -2.35. The number of benzene rings is 2. The van der Waals surface area contributed by atoms with Gasteiger partial charge in [-0.2, -0.15) is 0 Å². The van der Waals surface area contributed by atoms with Crippen LogP contribution in [0, 0.1) is 6.92 Å². The van der Waals surface area contributed by atoms with Gasteiger partial charge in [0.15, 0.2) is 0 Å². The number of nitrogens with one attached hydrogen (secondary N) is 1. The number of aryl methyl sites for hydroxylation is 1. The van der Waals surface area contributed by atoms with E-state index in [-0.39, 0.29) is 5.54 Å². The monoisotopic (exact) mass is 347 g/mol. The predicted molar refractivity (Wildman–Crippen MR) is 92.0 cm³/mol. The molecule has 0 saturated carbocycles. The molecule has 2 aromatic rings. The first kappa shape index (κ1) is 16.1. The van der Waals surface area contributed by atoms with E-state index >= 15 is 0 Å². The smallest absolute Gasteiger partial charge is 0.141 e. The minimum absolute atomic E-state index is 0.123. The van der Waals surface area contributed by atoms with Crippen molar-refractivity contribution < 1.29 is 4.74 Å². The Balaban J connectivity index is 2.11. The number of hydrogen-bond acceptors (Lipinski definition) is 2. The van der Waals surface area contributed by atoms with Crippen molar-refractivity contribution in [1.82, 2.24) is 5.32 Å². The molecule has 2 rings (SSSR count). The van der Waals surface area contributed by atoms with Gasteiger partial charge in [-0.25, -0.2) is 0 Å². The SMILES string of the molecule is Cc1cc(CNC(C)(C)C)ccc1Oc1ccccc1Br. The molecule has 21 heavy (non-hydrogen) atoms. The fraction of sp³-hybridized carbons (Fsp3) is 0.333. The van der Waals surface area contributed by atoms with Gasteiger partial charge in [-0.1, -0.05) is 24.3 Å². The van der Waals surface area contributed by atoms with E-state index in [1.54, 1.807) is 0 Å². The Morgan fingerprint density at radius 2 is 1.76 bits per heavy atom. The van der Waals surface area contributed by atoms with Gasteiger partial charge < -0.3 is 10.1 Å². The number of ether oxygens (including phenoxy) is 1. The molecule has 0 aliphatic rings. The highest BCUT2D eigenvalue weighted by Gasteiger charge is 2.10. The van der Waals surface area contributed by atoms with Crippen LogP contribution in [-0.4, -0.2) is 5.54 Å². The van der Waals surface area contributed by atoms with Crippen LogP contribution in [0.4, 0.5) is 0 Å². The molecule has 0 unspecified atom stereocenters. The van der Waals surface area contributed by atoms with Crippen LogP contribution in [0.2, 0.25) is 0 Å². The molecule has 0 bridgehead atoms. The van der Waals surface area contributed by atoms with Gasteiger partial charge in [-0.05, 0) is 73.0 Å². The van der Waals surface area contributed by atoms with Crippen LogP contribution in [-0.2, 0) is 6.54 Å². The fourth-order valence-corrected chi connectivity index (χ4v) is 2.31. The van der Waals surface area contributed by atoms with Crippen molar-refractivity contribution in [3.05, 3.63) is 58.1 Å². The Labute approximate surface area is 135 Å². The second kappa shape index (κ2) is 6.63. The van der Waals surface area contributed by atoms with Crippen LogP contribution in [0.1, 0.15) is 31.9 Å². The topological polar surface area (TPSA) is 21.3 Å². The standard InChI is InChI=1S/C18H22BrNO/c1-13-11-14(12-20-18(2,3)4)9-10-16(13)21-17-8-6-5-7-15(17)19/h5-11,20H,12H2,1-4H3. The molecule has 0 aliphatic carbocycles. The van der Waals surface area contributed by atoms with Gasteiger partial charge in [0.05, 0.1) is 4.47 Å². The van der Waals surface area contributed by atoms with E-state index in [0.717, 1.165) is 28.1 Å². The molecule has 0 heterocycles. The lowest BCUT2D eigenvalue weighted by Gasteiger charge is -2.21. The van der Waals surface area contributed by atoms with Gasteiger partial charge in [0.2, 0.25) is 0 Å². The van der Waals surface area contributed by atoms with Crippen LogP contribution in [0.15, 0.2) is 46.9 Å². The van der Waals surface area contributed by atoms with Crippen molar-refractivity contribution in [2.45, 2.75) is 39.8 Å². The van der Waals surface area contributed by atoms with Gasteiger partial charge >= 0.3 is 0 Å². The summed E-state index contributed by atoms with van der Waals surface area (Å²) >= 11 is 3.50. The van der Waals surface area contributed by atoms with Gasteiger partial charge in [0.25, 0.3) is 0 Å². The second-order valence-electron chi connectivity index (χ2n) is 6.24. The summed E-state index contributed by atoms with van der Waals surface area (Å²) in [5.74, 6) is 1.72. The largest absolute Gasteiger partial charge is 0.456 e. The third kappa shape index (κ3) is 4.87. The normalized spacial score (nSPS) is 11.5. The van der Waals surface area contributed by atoms with E-state index in [0.29, 0.717) is 0 Å². The van der Waals surface area contributed by atoms with Gasteiger partial charge in [-0.15, -0.1) is 0 Å². The highest BCUT2D eigenvalue weighted by Crippen LogP contribution is 2.31. The highest BCUT2D eigenvalue weighted by atomic mass is 79.9. The third-order valence-corrected chi connectivity index (χ3v) is 3.77.